The zero-order chi connectivity index (χ0) is 16.2. The summed E-state index contributed by atoms with van der Waals surface area (Å²) in [5, 5.41) is 6.82. The van der Waals surface area contributed by atoms with Crippen LogP contribution in [0.1, 0.15) is 46.0 Å². The average molecular weight is 458 g/mol. The highest BCUT2D eigenvalue weighted by Gasteiger charge is 2.37. The molecule has 0 amide bonds. The van der Waals surface area contributed by atoms with Gasteiger partial charge in [-0.25, -0.2) is 12.7 Å². The maximum absolute atomic E-state index is 12.1. The van der Waals surface area contributed by atoms with Gasteiger partial charge < -0.3 is 10.6 Å². The van der Waals surface area contributed by atoms with E-state index in [4.69, 9.17) is 0 Å². The molecule has 1 saturated heterocycles. The Morgan fingerprint density at radius 2 is 1.91 bits per heavy atom. The first-order valence-electron chi connectivity index (χ1n) is 8.33. The third kappa shape index (κ3) is 6.38. The second-order valence-electron chi connectivity index (χ2n) is 6.87. The van der Waals surface area contributed by atoms with Crippen molar-refractivity contribution in [2.45, 2.75) is 52.0 Å². The highest BCUT2D eigenvalue weighted by atomic mass is 127. The van der Waals surface area contributed by atoms with Crippen molar-refractivity contribution in [1.82, 2.24) is 14.9 Å². The summed E-state index contributed by atoms with van der Waals surface area (Å²) in [5.74, 6) is 1.09. The van der Waals surface area contributed by atoms with Crippen LogP contribution >= 0.6 is 24.0 Å². The van der Waals surface area contributed by atoms with Gasteiger partial charge in [0, 0.05) is 32.7 Å². The van der Waals surface area contributed by atoms with Crippen LogP contribution in [-0.4, -0.2) is 57.2 Å². The van der Waals surface area contributed by atoms with Crippen LogP contribution in [0, 0.1) is 5.41 Å². The Balaban J connectivity index is 0.00000264. The fraction of sp³-hybridized carbons (Fsp3) is 0.933. The summed E-state index contributed by atoms with van der Waals surface area (Å²) in [6.07, 6.45) is 4.91. The summed E-state index contributed by atoms with van der Waals surface area (Å²) in [7, 11) is -1.27. The molecule has 0 aromatic carbocycles. The molecule has 136 valence electrons. The quantitative estimate of drug-likeness (QED) is 0.362. The maximum atomic E-state index is 12.1. The Morgan fingerprint density at radius 3 is 2.39 bits per heavy atom. The molecule has 2 rings (SSSR count). The molecule has 0 spiro atoms. The lowest BCUT2D eigenvalue weighted by molar-refractivity contribution is 0.305. The number of hydrogen-bond donors (Lipinski definition) is 2. The molecule has 0 bridgehead atoms. The van der Waals surface area contributed by atoms with E-state index in [9.17, 15) is 8.42 Å². The first-order chi connectivity index (χ1) is 10.4. The predicted octanol–water partition coefficient (Wildman–Crippen LogP) is 1.77. The molecule has 2 fully saturated rings. The van der Waals surface area contributed by atoms with Crippen molar-refractivity contribution in [2.75, 3.05) is 32.4 Å². The van der Waals surface area contributed by atoms with E-state index in [0.717, 1.165) is 25.3 Å². The van der Waals surface area contributed by atoms with Gasteiger partial charge >= 0.3 is 0 Å². The summed E-state index contributed by atoms with van der Waals surface area (Å²) in [4.78, 5) is 4.27. The van der Waals surface area contributed by atoms with Crippen LogP contribution in [0.4, 0.5) is 0 Å². The molecule has 0 radical (unpaired) electrons. The molecule has 0 aromatic rings. The van der Waals surface area contributed by atoms with E-state index >= 15 is 0 Å². The number of aliphatic imine (C=N–C) groups is 1. The summed E-state index contributed by atoms with van der Waals surface area (Å²) in [6.45, 7) is 6.35. The van der Waals surface area contributed by atoms with E-state index in [1.165, 1.54) is 12.8 Å². The maximum Gasteiger partial charge on any atom is 0.214 e. The summed E-state index contributed by atoms with van der Waals surface area (Å²) in [6, 6.07) is 0.297. The number of halogens is 1. The fourth-order valence-electron chi connectivity index (χ4n) is 2.74. The zero-order valence-electron chi connectivity index (χ0n) is 14.5. The molecular weight excluding hydrogens is 427 g/mol. The first kappa shape index (κ1) is 21.0. The standard InChI is InChI=1S/C15H30N4O2S.HI/c1-4-11-22(20,21)19-9-5-13(6-10-19)18-14(16-3)17-12-15(2)7-8-15;/h13H,4-12H2,1-3H3,(H2,16,17,18);1H. The number of nitrogens with zero attached hydrogens (tertiary/aromatic N) is 2. The van der Waals surface area contributed by atoms with Crippen molar-refractivity contribution in [3.63, 3.8) is 0 Å². The van der Waals surface area contributed by atoms with E-state index in [1.54, 1.807) is 11.4 Å². The monoisotopic (exact) mass is 458 g/mol. The van der Waals surface area contributed by atoms with Crippen molar-refractivity contribution in [3.8, 4) is 0 Å². The number of hydrogen-bond acceptors (Lipinski definition) is 3. The van der Waals surface area contributed by atoms with Crippen molar-refractivity contribution in [3.05, 3.63) is 0 Å². The Morgan fingerprint density at radius 1 is 1.30 bits per heavy atom. The Kier molecular flexibility index (Phi) is 8.06. The molecule has 2 aliphatic rings. The molecule has 0 unspecified atom stereocenters. The van der Waals surface area contributed by atoms with Gasteiger partial charge in [0.2, 0.25) is 10.0 Å². The minimum Gasteiger partial charge on any atom is -0.356 e. The lowest BCUT2D eigenvalue weighted by atomic mass is 10.1. The highest BCUT2D eigenvalue weighted by Crippen LogP contribution is 2.43. The molecule has 0 aromatic heterocycles. The largest absolute Gasteiger partial charge is 0.356 e. The van der Waals surface area contributed by atoms with Gasteiger partial charge in [0.05, 0.1) is 5.75 Å². The van der Waals surface area contributed by atoms with Gasteiger partial charge in [-0.2, -0.15) is 0 Å². The molecular formula is C15H31IN4O2S. The minimum absolute atomic E-state index is 0. The van der Waals surface area contributed by atoms with Gasteiger partial charge in [-0.1, -0.05) is 13.8 Å². The summed E-state index contributed by atoms with van der Waals surface area (Å²) >= 11 is 0. The average Bonchev–Trinajstić information content (AvgIpc) is 3.22. The molecule has 8 heteroatoms. The second kappa shape index (κ2) is 8.84. The summed E-state index contributed by atoms with van der Waals surface area (Å²) in [5.41, 5.74) is 0.440. The third-order valence-corrected chi connectivity index (χ3v) is 6.74. The molecule has 0 atom stereocenters. The van der Waals surface area contributed by atoms with Gasteiger partial charge in [0.1, 0.15) is 0 Å². The Hall–Kier alpha value is -0.0900. The number of piperidine rings is 1. The first-order valence-corrected chi connectivity index (χ1v) is 9.94. The van der Waals surface area contributed by atoms with Gasteiger partial charge in [-0.15, -0.1) is 24.0 Å². The number of rotatable bonds is 6. The minimum atomic E-state index is -3.05. The van der Waals surface area contributed by atoms with Crippen LogP contribution in [0.15, 0.2) is 4.99 Å². The fourth-order valence-corrected chi connectivity index (χ4v) is 4.28. The van der Waals surface area contributed by atoms with E-state index in [2.05, 4.69) is 22.5 Å². The molecule has 1 heterocycles. The van der Waals surface area contributed by atoms with Crippen LogP contribution in [0.2, 0.25) is 0 Å². The van der Waals surface area contributed by atoms with Crippen LogP contribution in [-0.2, 0) is 10.0 Å². The molecule has 23 heavy (non-hydrogen) atoms. The molecule has 6 nitrogen and oxygen atoms in total. The van der Waals surface area contributed by atoms with Crippen LogP contribution < -0.4 is 10.6 Å². The normalized spacial score (nSPS) is 22.3. The van der Waals surface area contributed by atoms with E-state index in [1.807, 2.05) is 6.92 Å². The zero-order valence-corrected chi connectivity index (χ0v) is 17.6. The van der Waals surface area contributed by atoms with E-state index in [-0.39, 0.29) is 29.7 Å². The summed E-state index contributed by atoms with van der Waals surface area (Å²) < 4.78 is 25.8. The van der Waals surface area contributed by atoms with Crippen molar-refractivity contribution in [1.29, 1.82) is 0 Å². The van der Waals surface area contributed by atoms with Crippen molar-refractivity contribution in [2.24, 2.45) is 10.4 Å². The van der Waals surface area contributed by atoms with Gasteiger partial charge in [0.25, 0.3) is 0 Å². The lowest BCUT2D eigenvalue weighted by Gasteiger charge is -2.32. The topological polar surface area (TPSA) is 73.8 Å². The van der Waals surface area contributed by atoms with Gasteiger partial charge in [0.15, 0.2) is 5.96 Å². The Labute approximate surface area is 157 Å². The number of sulfonamides is 1. The van der Waals surface area contributed by atoms with Crippen LogP contribution in [0.5, 0.6) is 0 Å². The van der Waals surface area contributed by atoms with Crippen molar-refractivity contribution < 1.29 is 8.42 Å². The van der Waals surface area contributed by atoms with Gasteiger partial charge in [-0.05, 0) is 37.5 Å². The second-order valence-corrected chi connectivity index (χ2v) is 8.96. The Bertz CT molecular complexity index is 498. The predicted molar refractivity (Wildman–Crippen MR) is 106 cm³/mol. The van der Waals surface area contributed by atoms with Crippen LogP contribution in [0.25, 0.3) is 0 Å². The van der Waals surface area contributed by atoms with Crippen molar-refractivity contribution >= 4 is 40.0 Å². The van der Waals surface area contributed by atoms with E-state index in [0.29, 0.717) is 31.0 Å². The SMILES string of the molecule is CCCS(=O)(=O)N1CCC(NC(=NC)NCC2(C)CC2)CC1.I. The van der Waals surface area contributed by atoms with E-state index < -0.39 is 10.0 Å². The highest BCUT2D eigenvalue weighted by molar-refractivity contribution is 14.0. The molecule has 1 aliphatic carbocycles. The van der Waals surface area contributed by atoms with Crippen LogP contribution in [0.3, 0.4) is 0 Å². The molecule has 1 saturated carbocycles. The smallest absolute Gasteiger partial charge is 0.214 e. The van der Waals surface area contributed by atoms with Gasteiger partial charge in [-0.3, -0.25) is 4.99 Å². The number of nitrogens with one attached hydrogen (secondary N) is 2. The number of guanidine groups is 1. The lowest BCUT2D eigenvalue weighted by Crippen LogP contribution is -2.50. The molecule has 1 aliphatic heterocycles. The third-order valence-electron chi connectivity index (χ3n) is 4.66. The molecule has 2 N–H and O–H groups in total.